The molecule has 1 fully saturated rings. The first-order chi connectivity index (χ1) is 5.90. The molecular formula is C12H26Si. The third-order valence-corrected chi connectivity index (χ3v) is 5.20. The molecule has 0 spiro atoms. The summed E-state index contributed by atoms with van der Waals surface area (Å²) >= 11 is 0. The van der Waals surface area contributed by atoms with E-state index >= 15 is 0 Å². The van der Waals surface area contributed by atoms with Gasteiger partial charge in [-0.15, -0.1) is 0 Å². The second kappa shape index (κ2) is 4.16. The third-order valence-electron chi connectivity index (χ3n) is 3.45. The Labute approximate surface area is 85.1 Å². The highest BCUT2D eigenvalue weighted by Crippen LogP contribution is 2.41. The van der Waals surface area contributed by atoms with Crippen LogP contribution in [0.15, 0.2) is 0 Å². The molecule has 0 radical (unpaired) electrons. The molecule has 1 saturated carbocycles. The highest BCUT2D eigenvalue weighted by atomic mass is 28.3. The molecule has 0 heterocycles. The molecule has 1 aliphatic carbocycles. The van der Waals surface area contributed by atoms with Crippen LogP contribution in [0.25, 0.3) is 0 Å². The quantitative estimate of drug-likeness (QED) is 0.590. The van der Waals surface area contributed by atoms with E-state index in [1.807, 2.05) is 0 Å². The predicted octanol–water partition coefficient (Wildman–Crippen LogP) is 4.40. The molecule has 0 aromatic heterocycles. The Morgan fingerprint density at radius 1 is 1.15 bits per heavy atom. The molecule has 0 nitrogen and oxygen atoms in total. The van der Waals surface area contributed by atoms with E-state index in [0.717, 1.165) is 17.8 Å². The minimum absolute atomic E-state index is 0.810. The van der Waals surface area contributed by atoms with E-state index in [2.05, 4.69) is 33.5 Å². The van der Waals surface area contributed by atoms with Crippen molar-refractivity contribution in [3.8, 4) is 0 Å². The monoisotopic (exact) mass is 198 g/mol. The van der Waals surface area contributed by atoms with Gasteiger partial charge in [-0.1, -0.05) is 52.4 Å². The van der Waals surface area contributed by atoms with Crippen LogP contribution in [0.3, 0.4) is 0 Å². The first kappa shape index (κ1) is 11.3. The van der Waals surface area contributed by atoms with Gasteiger partial charge < -0.3 is 0 Å². The third kappa shape index (κ3) is 3.45. The molecule has 0 aromatic carbocycles. The maximum absolute atomic E-state index is 2.52. The molecule has 0 unspecified atom stereocenters. The first-order valence-corrected chi connectivity index (χ1v) is 9.61. The molecule has 1 heteroatoms. The van der Waals surface area contributed by atoms with Crippen LogP contribution in [0.5, 0.6) is 0 Å². The van der Waals surface area contributed by atoms with Crippen LogP contribution >= 0.6 is 0 Å². The molecule has 0 bridgehead atoms. The lowest BCUT2D eigenvalue weighted by Gasteiger charge is -2.28. The van der Waals surface area contributed by atoms with Gasteiger partial charge in [0.15, 0.2) is 0 Å². The molecule has 13 heavy (non-hydrogen) atoms. The first-order valence-electron chi connectivity index (χ1n) is 5.90. The molecular weight excluding hydrogens is 172 g/mol. The normalized spacial score (nSPS) is 30.0. The van der Waals surface area contributed by atoms with Crippen LogP contribution in [-0.2, 0) is 0 Å². The van der Waals surface area contributed by atoms with Crippen molar-refractivity contribution in [1.82, 2.24) is 0 Å². The fraction of sp³-hybridized carbons (Fsp3) is 1.00. The van der Waals surface area contributed by atoms with E-state index in [9.17, 15) is 0 Å². The molecule has 0 N–H and O–H groups in total. The van der Waals surface area contributed by atoms with Gasteiger partial charge in [-0.05, 0) is 24.2 Å². The van der Waals surface area contributed by atoms with Crippen LogP contribution in [0.2, 0.25) is 25.7 Å². The summed E-state index contributed by atoms with van der Waals surface area (Å²) in [7, 11) is -0.810. The Balaban J connectivity index is 2.49. The van der Waals surface area contributed by atoms with Crippen molar-refractivity contribution < 1.29 is 0 Å². The van der Waals surface area contributed by atoms with Crippen LogP contribution in [0.4, 0.5) is 0 Å². The van der Waals surface area contributed by atoms with Crippen molar-refractivity contribution in [2.45, 2.75) is 58.8 Å². The van der Waals surface area contributed by atoms with Crippen molar-refractivity contribution in [3.63, 3.8) is 0 Å². The van der Waals surface area contributed by atoms with Crippen LogP contribution in [0.1, 0.15) is 33.1 Å². The van der Waals surface area contributed by atoms with Crippen LogP contribution in [-0.4, -0.2) is 8.07 Å². The van der Waals surface area contributed by atoms with Crippen molar-refractivity contribution in [3.05, 3.63) is 0 Å². The van der Waals surface area contributed by atoms with Gasteiger partial charge in [-0.2, -0.15) is 0 Å². The van der Waals surface area contributed by atoms with E-state index in [1.54, 1.807) is 6.04 Å². The molecule has 0 aliphatic heterocycles. The molecule has 1 rings (SSSR count). The summed E-state index contributed by atoms with van der Waals surface area (Å²) in [6, 6.07) is 1.57. The minimum atomic E-state index is -0.810. The molecule has 78 valence electrons. The second-order valence-electron chi connectivity index (χ2n) is 6.36. The van der Waals surface area contributed by atoms with E-state index in [1.165, 1.54) is 19.3 Å². The van der Waals surface area contributed by atoms with Gasteiger partial charge in [0.2, 0.25) is 0 Å². The summed E-state index contributed by atoms with van der Waals surface area (Å²) in [4.78, 5) is 0. The molecule has 0 aromatic rings. The summed E-state index contributed by atoms with van der Waals surface area (Å²) in [6.45, 7) is 12.4. The Kier molecular flexibility index (Phi) is 3.62. The Hall–Kier alpha value is 0.217. The van der Waals surface area contributed by atoms with Gasteiger partial charge in [-0.25, -0.2) is 0 Å². The highest BCUT2D eigenvalue weighted by Gasteiger charge is 2.32. The lowest BCUT2D eigenvalue weighted by molar-refractivity contribution is 0.312. The number of rotatable bonds is 3. The average molecular weight is 198 g/mol. The zero-order chi connectivity index (χ0) is 10.1. The topological polar surface area (TPSA) is 0 Å². The molecule has 0 saturated heterocycles. The van der Waals surface area contributed by atoms with Crippen molar-refractivity contribution in [2.75, 3.05) is 0 Å². The highest BCUT2D eigenvalue weighted by molar-refractivity contribution is 6.76. The Morgan fingerprint density at radius 3 is 2.23 bits per heavy atom. The molecule has 2 atom stereocenters. The van der Waals surface area contributed by atoms with Crippen molar-refractivity contribution >= 4 is 8.07 Å². The van der Waals surface area contributed by atoms with E-state index in [0.29, 0.717) is 0 Å². The lowest BCUT2D eigenvalue weighted by Crippen LogP contribution is -2.27. The van der Waals surface area contributed by atoms with Crippen molar-refractivity contribution in [1.29, 1.82) is 0 Å². The standard InChI is InChI=1S/C12H26Si/c1-10(2)12-8-6-7-11(12)9-13(3,4)5/h10-12H,6-9H2,1-5H3/t11-,12-/m0/s1. The Bertz CT molecular complexity index is 155. The summed E-state index contributed by atoms with van der Waals surface area (Å²) in [5.74, 6) is 3.04. The smallest absolute Gasteiger partial charge is 0.0445 e. The second-order valence-corrected chi connectivity index (χ2v) is 11.9. The average Bonchev–Trinajstić information content (AvgIpc) is 2.31. The molecule has 0 amide bonds. The zero-order valence-corrected chi connectivity index (χ0v) is 11.1. The van der Waals surface area contributed by atoms with Gasteiger partial charge in [0.05, 0.1) is 0 Å². The largest absolute Gasteiger partial charge is 0.0695 e. The summed E-state index contributed by atoms with van der Waals surface area (Å²) in [5.41, 5.74) is 0. The van der Waals surface area contributed by atoms with Crippen LogP contribution < -0.4 is 0 Å². The number of hydrogen-bond donors (Lipinski definition) is 0. The fourth-order valence-electron chi connectivity index (χ4n) is 2.98. The maximum Gasteiger partial charge on any atom is 0.0445 e. The minimum Gasteiger partial charge on any atom is -0.0695 e. The van der Waals surface area contributed by atoms with E-state index in [4.69, 9.17) is 0 Å². The summed E-state index contributed by atoms with van der Waals surface area (Å²) in [5, 5.41) is 0. The van der Waals surface area contributed by atoms with E-state index < -0.39 is 8.07 Å². The summed E-state index contributed by atoms with van der Waals surface area (Å²) in [6.07, 6.45) is 4.53. The van der Waals surface area contributed by atoms with Gasteiger partial charge in [0.25, 0.3) is 0 Å². The van der Waals surface area contributed by atoms with E-state index in [-0.39, 0.29) is 0 Å². The van der Waals surface area contributed by atoms with Gasteiger partial charge >= 0.3 is 0 Å². The van der Waals surface area contributed by atoms with Crippen molar-refractivity contribution in [2.24, 2.45) is 17.8 Å². The maximum atomic E-state index is 2.52. The SMILES string of the molecule is CC(C)[C@@H]1CCC[C@H]1C[Si](C)(C)C. The van der Waals surface area contributed by atoms with Gasteiger partial charge in [0, 0.05) is 8.07 Å². The summed E-state index contributed by atoms with van der Waals surface area (Å²) < 4.78 is 0. The van der Waals surface area contributed by atoms with Gasteiger partial charge in [0.1, 0.15) is 0 Å². The Morgan fingerprint density at radius 2 is 1.77 bits per heavy atom. The van der Waals surface area contributed by atoms with Gasteiger partial charge in [-0.3, -0.25) is 0 Å². The predicted molar refractivity (Wildman–Crippen MR) is 63.8 cm³/mol. The number of hydrogen-bond acceptors (Lipinski definition) is 0. The lowest BCUT2D eigenvalue weighted by atomic mass is 9.87. The fourth-order valence-corrected chi connectivity index (χ4v) is 5.06. The zero-order valence-electron chi connectivity index (χ0n) is 10.1. The van der Waals surface area contributed by atoms with Crippen LogP contribution in [0, 0.1) is 17.8 Å². The molecule has 1 aliphatic rings.